The molecule has 1 amide bonds. The predicted molar refractivity (Wildman–Crippen MR) is 88.3 cm³/mol. The summed E-state index contributed by atoms with van der Waals surface area (Å²) < 4.78 is 52.3. The Kier molecular flexibility index (Phi) is 4.46. The van der Waals surface area contributed by atoms with Gasteiger partial charge in [-0.15, -0.1) is 0 Å². The molecule has 1 aliphatic rings. The van der Waals surface area contributed by atoms with E-state index in [1.165, 1.54) is 34.4 Å². The molecule has 0 bridgehead atoms. The van der Waals surface area contributed by atoms with E-state index < -0.39 is 28.0 Å². The van der Waals surface area contributed by atoms with Crippen LogP contribution < -0.4 is 9.62 Å². The molecule has 10 heteroatoms. The van der Waals surface area contributed by atoms with Gasteiger partial charge in [-0.3, -0.25) is 13.8 Å². The van der Waals surface area contributed by atoms with Crippen molar-refractivity contribution in [2.24, 2.45) is 7.05 Å². The topological polar surface area (TPSA) is 84.3 Å². The quantitative estimate of drug-likeness (QED) is 0.894. The number of halogens is 2. The molecule has 0 radical (unpaired) electrons. The van der Waals surface area contributed by atoms with Crippen molar-refractivity contribution < 1.29 is 22.0 Å². The lowest BCUT2D eigenvalue weighted by atomic mass is 10.2. The Morgan fingerprint density at radius 2 is 2.12 bits per heavy atom. The van der Waals surface area contributed by atoms with E-state index in [-0.39, 0.29) is 17.0 Å². The van der Waals surface area contributed by atoms with Crippen LogP contribution in [-0.4, -0.2) is 36.4 Å². The van der Waals surface area contributed by atoms with Gasteiger partial charge in [-0.05, 0) is 24.6 Å². The molecule has 0 saturated carbocycles. The lowest BCUT2D eigenvalue weighted by Gasteiger charge is -2.17. The molecule has 2 heterocycles. The van der Waals surface area contributed by atoms with Crippen LogP contribution in [0.1, 0.15) is 28.9 Å². The van der Waals surface area contributed by atoms with E-state index in [1.807, 2.05) is 0 Å². The molecule has 0 unspecified atom stereocenters. The summed E-state index contributed by atoms with van der Waals surface area (Å²) in [4.78, 5) is 12.4. The molecular weight excluding hydrogens is 354 g/mol. The lowest BCUT2D eigenvalue weighted by Crippen LogP contribution is -2.25. The molecule has 0 atom stereocenters. The van der Waals surface area contributed by atoms with Crippen molar-refractivity contribution in [1.82, 2.24) is 9.78 Å². The Morgan fingerprint density at radius 1 is 1.36 bits per heavy atom. The molecule has 25 heavy (non-hydrogen) atoms. The number of carbonyl (C=O) groups excluding carboxylic acids is 1. The Balaban J connectivity index is 1.85. The maximum absolute atomic E-state index is 12.9. The minimum Gasteiger partial charge on any atom is -0.319 e. The first kappa shape index (κ1) is 17.3. The Morgan fingerprint density at radius 3 is 2.76 bits per heavy atom. The minimum atomic E-state index is -3.37. The summed E-state index contributed by atoms with van der Waals surface area (Å²) in [7, 11) is -1.89. The number of amides is 1. The van der Waals surface area contributed by atoms with E-state index in [9.17, 15) is 22.0 Å². The van der Waals surface area contributed by atoms with Gasteiger partial charge in [0.25, 0.3) is 12.3 Å². The number of alkyl halides is 2. The smallest absolute Gasteiger partial charge is 0.284 e. The van der Waals surface area contributed by atoms with Gasteiger partial charge in [0.15, 0.2) is 5.69 Å². The second kappa shape index (κ2) is 6.43. The monoisotopic (exact) mass is 370 g/mol. The van der Waals surface area contributed by atoms with Gasteiger partial charge in [-0.25, -0.2) is 17.2 Å². The third kappa shape index (κ3) is 3.48. The molecule has 134 valence electrons. The van der Waals surface area contributed by atoms with Crippen LogP contribution in [0.2, 0.25) is 0 Å². The van der Waals surface area contributed by atoms with Crippen molar-refractivity contribution in [3.8, 4) is 0 Å². The summed E-state index contributed by atoms with van der Waals surface area (Å²) in [6, 6.07) is 6.06. The number of anilines is 2. The largest absolute Gasteiger partial charge is 0.319 e. The van der Waals surface area contributed by atoms with Crippen molar-refractivity contribution in [3.63, 3.8) is 0 Å². The van der Waals surface area contributed by atoms with Gasteiger partial charge in [0, 0.05) is 25.4 Å². The molecule has 3 rings (SSSR count). The number of benzene rings is 1. The summed E-state index contributed by atoms with van der Waals surface area (Å²) >= 11 is 0. The van der Waals surface area contributed by atoms with Gasteiger partial charge in [-0.2, -0.15) is 5.10 Å². The average Bonchev–Trinajstić information content (AvgIpc) is 3.09. The van der Waals surface area contributed by atoms with Crippen LogP contribution in [0.4, 0.5) is 20.2 Å². The number of aromatic nitrogens is 2. The molecule has 1 aromatic carbocycles. The number of hydrogen-bond donors (Lipinski definition) is 1. The molecule has 1 N–H and O–H groups in total. The highest BCUT2D eigenvalue weighted by Crippen LogP contribution is 2.27. The molecule has 1 fully saturated rings. The van der Waals surface area contributed by atoms with Gasteiger partial charge in [0.2, 0.25) is 10.0 Å². The van der Waals surface area contributed by atoms with Crippen LogP contribution in [-0.2, 0) is 17.1 Å². The van der Waals surface area contributed by atoms with Crippen molar-refractivity contribution >= 4 is 27.3 Å². The third-order valence-electron chi connectivity index (χ3n) is 3.81. The maximum atomic E-state index is 12.9. The molecule has 1 aliphatic heterocycles. The van der Waals surface area contributed by atoms with E-state index in [2.05, 4.69) is 10.4 Å². The van der Waals surface area contributed by atoms with E-state index in [0.29, 0.717) is 18.7 Å². The predicted octanol–water partition coefficient (Wildman–Crippen LogP) is 2.15. The van der Waals surface area contributed by atoms with Crippen molar-refractivity contribution in [2.45, 2.75) is 12.8 Å². The molecular formula is C15H16F2N4O3S. The molecule has 0 spiro atoms. The van der Waals surface area contributed by atoms with Crippen LogP contribution in [0, 0.1) is 0 Å². The van der Waals surface area contributed by atoms with Crippen molar-refractivity contribution in [1.29, 1.82) is 0 Å². The Labute approximate surface area is 143 Å². The summed E-state index contributed by atoms with van der Waals surface area (Å²) in [6.07, 6.45) is -1.02. The lowest BCUT2D eigenvalue weighted by molar-refractivity contribution is 0.102. The number of rotatable bonds is 4. The second-order valence-corrected chi connectivity index (χ2v) is 7.66. The van der Waals surface area contributed by atoms with Crippen molar-refractivity contribution in [2.75, 3.05) is 21.9 Å². The number of carbonyl (C=O) groups is 1. The van der Waals surface area contributed by atoms with E-state index in [4.69, 9.17) is 0 Å². The fourth-order valence-corrected chi connectivity index (χ4v) is 4.25. The van der Waals surface area contributed by atoms with Crippen LogP contribution in [0.15, 0.2) is 30.5 Å². The first-order valence-corrected chi connectivity index (χ1v) is 9.12. The Hall–Kier alpha value is -2.49. The summed E-state index contributed by atoms with van der Waals surface area (Å²) in [6.45, 7) is 0.353. The van der Waals surface area contributed by atoms with Crippen molar-refractivity contribution in [3.05, 3.63) is 41.7 Å². The molecule has 0 aliphatic carbocycles. The number of sulfonamides is 1. The highest BCUT2D eigenvalue weighted by Gasteiger charge is 2.29. The van der Waals surface area contributed by atoms with E-state index in [0.717, 1.165) is 0 Å². The molecule has 2 aromatic rings. The standard InChI is InChI=1S/C15H16F2N4O3S/c1-20-9-12(13(19-20)14(16)17)18-15(22)10-4-2-5-11(8-10)21-6-3-7-25(21,23)24/h2,4-5,8-9,14H,3,6-7H2,1H3,(H,18,22). The second-order valence-electron chi connectivity index (χ2n) is 5.65. The molecule has 1 saturated heterocycles. The van der Waals surface area contributed by atoms with Crippen LogP contribution in [0.3, 0.4) is 0 Å². The molecule has 1 aromatic heterocycles. The van der Waals surface area contributed by atoms with Gasteiger partial charge in [0.05, 0.1) is 17.1 Å². The number of aryl methyl sites for hydroxylation is 1. The first-order chi connectivity index (χ1) is 11.8. The maximum Gasteiger partial charge on any atom is 0.284 e. The van der Waals surface area contributed by atoms with E-state index >= 15 is 0 Å². The number of nitrogens with zero attached hydrogens (tertiary/aromatic N) is 3. The zero-order valence-electron chi connectivity index (χ0n) is 13.3. The van der Waals surface area contributed by atoms with E-state index in [1.54, 1.807) is 12.1 Å². The summed E-state index contributed by atoms with van der Waals surface area (Å²) in [5, 5.41) is 6.02. The van der Waals surface area contributed by atoms with Gasteiger partial charge in [0.1, 0.15) is 0 Å². The Bertz CT molecular complexity index is 911. The zero-order chi connectivity index (χ0) is 18.2. The highest BCUT2D eigenvalue weighted by molar-refractivity contribution is 7.93. The normalized spacial score (nSPS) is 16.4. The highest BCUT2D eigenvalue weighted by atomic mass is 32.2. The number of nitrogens with one attached hydrogen (secondary N) is 1. The fraction of sp³-hybridized carbons (Fsp3) is 0.333. The number of hydrogen-bond acceptors (Lipinski definition) is 4. The van der Waals surface area contributed by atoms with Gasteiger partial charge in [-0.1, -0.05) is 6.07 Å². The summed E-state index contributed by atoms with van der Waals surface area (Å²) in [5.74, 6) is -0.551. The molecule has 7 nitrogen and oxygen atoms in total. The van der Waals surface area contributed by atoms with Crippen LogP contribution in [0.5, 0.6) is 0 Å². The third-order valence-corrected chi connectivity index (χ3v) is 5.68. The average molecular weight is 370 g/mol. The summed E-state index contributed by atoms with van der Waals surface area (Å²) in [5.41, 5.74) is -0.0510. The van der Waals surface area contributed by atoms with Crippen LogP contribution in [0.25, 0.3) is 0 Å². The minimum absolute atomic E-state index is 0.0663. The fourth-order valence-electron chi connectivity index (χ4n) is 2.69. The van der Waals surface area contributed by atoms with Gasteiger partial charge < -0.3 is 5.32 Å². The van der Waals surface area contributed by atoms with Crippen LogP contribution >= 0.6 is 0 Å². The van der Waals surface area contributed by atoms with Gasteiger partial charge >= 0.3 is 0 Å². The zero-order valence-corrected chi connectivity index (χ0v) is 14.1. The first-order valence-electron chi connectivity index (χ1n) is 7.51. The SMILES string of the molecule is Cn1cc(NC(=O)c2cccc(N3CCCS3(=O)=O)c2)c(C(F)F)n1.